The number of nitrogens with one attached hydrogen (secondary N) is 1. The summed E-state index contributed by atoms with van der Waals surface area (Å²) in [5.74, 6) is -1.26. The molecule has 0 bridgehead atoms. The number of benzene rings is 3. The minimum absolute atomic E-state index is 0.0269. The average molecular weight is 499 g/mol. The molecule has 4 aromatic rings. The highest BCUT2D eigenvalue weighted by Gasteiger charge is 2.20. The molecule has 0 radical (unpaired) electrons. The van der Waals surface area contributed by atoms with Crippen molar-refractivity contribution < 1.29 is 13.9 Å². The molecule has 0 saturated heterocycles. The van der Waals surface area contributed by atoms with Crippen LogP contribution in [-0.4, -0.2) is 15.5 Å². The Morgan fingerprint density at radius 1 is 1.15 bits per heavy atom. The van der Waals surface area contributed by atoms with Crippen molar-refractivity contribution in [3.63, 3.8) is 0 Å². The second kappa shape index (κ2) is 9.96. The van der Waals surface area contributed by atoms with E-state index in [4.69, 9.17) is 33.2 Å². The number of carbonyl (C=O) groups excluding carboxylic acids is 1. The van der Waals surface area contributed by atoms with Crippen molar-refractivity contribution in [1.29, 1.82) is 5.26 Å². The number of ether oxygens (including phenoxy) is 1. The average Bonchev–Trinajstić information content (AvgIpc) is 3.31. The van der Waals surface area contributed by atoms with Crippen LogP contribution in [-0.2, 0) is 6.54 Å². The second-order valence-electron chi connectivity index (χ2n) is 6.74. The summed E-state index contributed by atoms with van der Waals surface area (Å²) in [6.07, 6.45) is 0. The molecule has 1 amide bonds. The van der Waals surface area contributed by atoms with Crippen LogP contribution in [0.3, 0.4) is 0 Å². The molecule has 1 N–H and O–H groups in total. The summed E-state index contributed by atoms with van der Waals surface area (Å²) in [7, 11) is 0. The molecular weight excluding hydrogens is 486 g/mol. The molecule has 3 aromatic carbocycles. The molecule has 6 nitrogen and oxygen atoms in total. The molecule has 4 rings (SSSR count). The van der Waals surface area contributed by atoms with Gasteiger partial charge in [0.05, 0.1) is 16.7 Å². The van der Waals surface area contributed by atoms with Crippen molar-refractivity contribution in [2.24, 2.45) is 0 Å². The topological polar surface area (TPSA) is 87.9 Å². The van der Waals surface area contributed by atoms with Crippen LogP contribution in [0.4, 0.5) is 4.39 Å². The molecule has 0 fully saturated rings. The first-order chi connectivity index (χ1) is 16.0. The lowest BCUT2D eigenvalue weighted by atomic mass is 10.1. The smallest absolute Gasteiger partial charge is 0.265 e. The van der Waals surface area contributed by atoms with Crippen molar-refractivity contribution in [3.8, 4) is 28.8 Å². The maximum Gasteiger partial charge on any atom is 0.265 e. The Morgan fingerprint density at radius 3 is 2.70 bits per heavy atom. The van der Waals surface area contributed by atoms with Crippen LogP contribution in [0.1, 0.15) is 20.8 Å². The van der Waals surface area contributed by atoms with Crippen molar-refractivity contribution in [1.82, 2.24) is 14.9 Å². The van der Waals surface area contributed by atoms with Gasteiger partial charge in [-0.2, -0.15) is 5.26 Å². The molecule has 0 aliphatic heterocycles. The number of nitrogens with zero attached hydrogens (tertiary/aromatic N) is 3. The van der Waals surface area contributed by atoms with Crippen LogP contribution >= 0.6 is 34.7 Å². The SMILES string of the molecule is N#Cc1cc(Cl)cc(Oc2c(Cl)ccc(CNC(=O)c3snnc3-c3ccccc3)c2F)c1. The normalized spacial score (nSPS) is 10.5. The molecule has 10 heteroatoms. The van der Waals surface area contributed by atoms with Gasteiger partial charge in [-0.25, -0.2) is 4.39 Å². The maximum absolute atomic E-state index is 15.2. The Labute approximate surface area is 202 Å². The van der Waals surface area contributed by atoms with Crippen LogP contribution in [0.2, 0.25) is 10.0 Å². The standard InChI is InChI=1S/C23H13Cl2FN4O2S/c24-16-8-13(11-27)9-17(10-16)32-21-18(25)7-6-15(19(21)26)12-28-23(31)22-20(29-30-33-22)14-4-2-1-3-5-14/h1-10H,12H2,(H,28,31). The minimum Gasteiger partial charge on any atom is -0.453 e. The van der Waals surface area contributed by atoms with Gasteiger partial charge in [0.25, 0.3) is 5.91 Å². The molecular formula is C23H13Cl2FN4O2S. The van der Waals surface area contributed by atoms with E-state index in [9.17, 15) is 4.79 Å². The number of hydrogen-bond donors (Lipinski definition) is 1. The van der Waals surface area contributed by atoms with Gasteiger partial charge in [0.15, 0.2) is 11.6 Å². The summed E-state index contributed by atoms with van der Waals surface area (Å²) in [6.45, 7) is -0.122. The zero-order valence-electron chi connectivity index (χ0n) is 16.7. The van der Waals surface area contributed by atoms with E-state index in [1.807, 2.05) is 36.4 Å². The molecule has 0 aliphatic carbocycles. The summed E-state index contributed by atoms with van der Waals surface area (Å²) in [4.78, 5) is 13.0. The van der Waals surface area contributed by atoms with E-state index in [-0.39, 0.29) is 39.2 Å². The zero-order valence-corrected chi connectivity index (χ0v) is 19.0. The molecule has 0 spiro atoms. The summed E-state index contributed by atoms with van der Waals surface area (Å²) < 4.78 is 24.6. The van der Waals surface area contributed by atoms with Crippen molar-refractivity contribution in [2.45, 2.75) is 6.54 Å². The molecule has 0 unspecified atom stereocenters. The van der Waals surface area contributed by atoms with Gasteiger partial charge >= 0.3 is 0 Å². The van der Waals surface area contributed by atoms with Gasteiger partial charge in [-0.3, -0.25) is 4.79 Å². The number of amides is 1. The van der Waals surface area contributed by atoms with E-state index in [2.05, 4.69) is 14.9 Å². The largest absolute Gasteiger partial charge is 0.453 e. The van der Waals surface area contributed by atoms with E-state index in [0.717, 1.165) is 17.1 Å². The first-order valence-corrected chi connectivity index (χ1v) is 11.0. The summed E-state index contributed by atoms with van der Waals surface area (Å²) in [5.41, 5.74) is 1.62. The molecule has 0 aliphatic rings. The quantitative estimate of drug-likeness (QED) is 0.339. The highest BCUT2D eigenvalue weighted by Crippen LogP contribution is 2.35. The Kier molecular flexibility index (Phi) is 6.84. The third-order valence-corrected chi connectivity index (χ3v) is 5.77. The van der Waals surface area contributed by atoms with Crippen LogP contribution in [0.25, 0.3) is 11.3 Å². The van der Waals surface area contributed by atoms with E-state index in [0.29, 0.717) is 10.6 Å². The van der Waals surface area contributed by atoms with Crippen molar-refractivity contribution >= 4 is 40.6 Å². The number of hydrogen-bond acceptors (Lipinski definition) is 6. The Bertz CT molecular complexity index is 1370. The first kappa shape index (κ1) is 22.7. The fourth-order valence-corrected chi connectivity index (χ4v) is 4.00. The van der Waals surface area contributed by atoms with Gasteiger partial charge in [0, 0.05) is 22.7 Å². The third-order valence-electron chi connectivity index (χ3n) is 4.53. The van der Waals surface area contributed by atoms with Gasteiger partial charge in [0.1, 0.15) is 16.3 Å². The Morgan fingerprint density at radius 2 is 1.94 bits per heavy atom. The van der Waals surface area contributed by atoms with E-state index in [1.165, 1.54) is 30.3 Å². The predicted molar refractivity (Wildman–Crippen MR) is 124 cm³/mol. The maximum atomic E-state index is 15.2. The summed E-state index contributed by atoms with van der Waals surface area (Å²) in [5, 5.41) is 16.1. The molecule has 0 atom stereocenters. The van der Waals surface area contributed by atoms with Crippen LogP contribution < -0.4 is 10.1 Å². The minimum atomic E-state index is -0.744. The fraction of sp³-hybridized carbons (Fsp3) is 0.0435. The van der Waals surface area contributed by atoms with Crippen molar-refractivity contribution in [2.75, 3.05) is 0 Å². The molecule has 33 heavy (non-hydrogen) atoms. The molecule has 164 valence electrons. The third kappa shape index (κ3) is 5.12. The van der Waals surface area contributed by atoms with Gasteiger partial charge in [-0.1, -0.05) is 64.1 Å². The lowest BCUT2D eigenvalue weighted by Gasteiger charge is -2.13. The molecule has 1 heterocycles. The highest BCUT2D eigenvalue weighted by atomic mass is 35.5. The van der Waals surface area contributed by atoms with Crippen LogP contribution in [0.15, 0.2) is 60.7 Å². The number of nitriles is 1. The fourth-order valence-electron chi connectivity index (χ4n) is 2.99. The van der Waals surface area contributed by atoms with Crippen LogP contribution in [0, 0.1) is 17.1 Å². The molecule has 0 saturated carbocycles. The summed E-state index contributed by atoms with van der Waals surface area (Å²) in [6, 6.07) is 18.3. The number of aromatic nitrogens is 2. The number of rotatable bonds is 6. The Balaban J connectivity index is 1.54. The van der Waals surface area contributed by atoms with Gasteiger partial charge in [-0.15, -0.1) is 5.10 Å². The number of halogens is 3. The van der Waals surface area contributed by atoms with Crippen LogP contribution in [0.5, 0.6) is 11.5 Å². The van der Waals surface area contributed by atoms with E-state index < -0.39 is 11.7 Å². The van der Waals surface area contributed by atoms with Crippen molar-refractivity contribution in [3.05, 3.63) is 92.5 Å². The van der Waals surface area contributed by atoms with Gasteiger partial charge < -0.3 is 10.1 Å². The highest BCUT2D eigenvalue weighted by molar-refractivity contribution is 7.08. The number of carbonyl (C=O) groups is 1. The Hall–Kier alpha value is -3.51. The van der Waals surface area contributed by atoms with E-state index in [1.54, 1.807) is 0 Å². The lowest BCUT2D eigenvalue weighted by molar-refractivity contribution is 0.0955. The lowest BCUT2D eigenvalue weighted by Crippen LogP contribution is -2.23. The zero-order chi connectivity index (χ0) is 23.4. The monoisotopic (exact) mass is 498 g/mol. The van der Waals surface area contributed by atoms with Gasteiger partial charge in [0.2, 0.25) is 0 Å². The molecule has 1 aromatic heterocycles. The first-order valence-electron chi connectivity index (χ1n) is 9.47. The summed E-state index contributed by atoms with van der Waals surface area (Å²) >= 11 is 13.1. The van der Waals surface area contributed by atoms with Gasteiger partial charge in [-0.05, 0) is 35.8 Å². The second-order valence-corrected chi connectivity index (χ2v) is 8.34. The predicted octanol–water partition coefficient (Wildman–Crippen LogP) is 6.24. The van der Waals surface area contributed by atoms with E-state index >= 15 is 4.39 Å².